The Hall–Kier alpha value is -1.57. The van der Waals surface area contributed by atoms with Crippen molar-refractivity contribution in [2.45, 2.75) is 36.8 Å². The molecule has 3 rings (SSSR count). The van der Waals surface area contributed by atoms with Gasteiger partial charge in [-0.2, -0.15) is 0 Å². The van der Waals surface area contributed by atoms with Crippen molar-refractivity contribution in [3.8, 4) is 0 Å². The van der Waals surface area contributed by atoms with Crippen molar-refractivity contribution in [2.75, 3.05) is 12.3 Å². The zero-order valence-corrected chi connectivity index (χ0v) is 12.6. The second-order valence-electron chi connectivity index (χ2n) is 5.42. The number of ether oxygens (including phenoxy) is 1. The number of fused-ring (bicyclic) bond motifs is 1. The predicted molar refractivity (Wildman–Crippen MR) is 81.5 cm³/mol. The van der Waals surface area contributed by atoms with Gasteiger partial charge in [-0.1, -0.05) is 0 Å². The van der Waals surface area contributed by atoms with Crippen LogP contribution in [-0.2, 0) is 14.8 Å². The van der Waals surface area contributed by atoms with Gasteiger partial charge in [-0.05, 0) is 38.0 Å². The molecule has 6 nitrogen and oxygen atoms in total. The molecule has 1 aliphatic heterocycles. The van der Waals surface area contributed by atoms with Gasteiger partial charge in [0.05, 0.1) is 6.10 Å². The van der Waals surface area contributed by atoms with Crippen molar-refractivity contribution < 1.29 is 13.2 Å². The molecule has 1 saturated heterocycles. The molecular formula is C14H19N3O3S. The summed E-state index contributed by atoms with van der Waals surface area (Å²) in [7, 11) is -3.60. The van der Waals surface area contributed by atoms with Gasteiger partial charge >= 0.3 is 0 Å². The van der Waals surface area contributed by atoms with Crippen LogP contribution < -0.4 is 10.5 Å². The number of hydrogen-bond acceptors (Lipinski definition) is 4. The number of sulfonamides is 1. The summed E-state index contributed by atoms with van der Waals surface area (Å²) in [6, 6.07) is 4.87. The normalized spacial score (nSPS) is 20.9. The molecule has 0 radical (unpaired) electrons. The monoisotopic (exact) mass is 309 g/mol. The summed E-state index contributed by atoms with van der Waals surface area (Å²) in [5.41, 5.74) is 7.00. The molecule has 21 heavy (non-hydrogen) atoms. The third-order valence-electron chi connectivity index (χ3n) is 3.82. The fourth-order valence-electron chi connectivity index (χ4n) is 2.72. The standard InChI is InChI=1S/C14H19N3O3S/c1-9(13-3-2-6-20-13)17-21(18,19)14-8-16-12-7-10(15)4-5-11(12)14/h4-5,7-9,13,16-17H,2-3,6,15H2,1H3. The van der Waals surface area contributed by atoms with E-state index in [9.17, 15) is 8.42 Å². The average Bonchev–Trinajstić information content (AvgIpc) is 3.07. The molecule has 1 aromatic heterocycles. The highest BCUT2D eigenvalue weighted by atomic mass is 32.2. The van der Waals surface area contributed by atoms with Crippen LogP contribution in [0.5, 0.6) is 0 Å². The summed E-state index contributed by atoms with van der Waals surface area (Å²) in [6.07, 6.45) is 3.30. The van der Waals surface area contributed by atoms with Crippen molar-refractivity contribution in [1.29, 1.82) is 0 Å². The summed E-state index contributed by atoms with van der Waals surface area (Å²) >= 11 is 0. The number of anilines is 1. The first-order valence-corrected chi connectivity index (χ1v) is 8.46. The molecule has 2 unspecified atom stereocenters. The van der Waals surface area contributed by atoms with E-state index in [0.717, 1.165) is 12.8 Å². The molecule has 2 atom stereocenters. The number of nitrogen functional groups attached to an aromatic ring is 1. The molecule has 0 saturated carbocycles. The predicted octanol–water partition coefficient (Wildman–Crippen LogP) is 1.60. The van der Waals surface area contributed by atoms with Crippen LogP contribution in [0.2, 0.25) is 0 Å². The fourth-order valence-corrected chi connectivity index (χ4v) is 4.17. The van der Waals surface area contributed by atoms with Gasteiger partial charge in [-0.25, -0.2) is 13.1 Å². The van der Waals surface area contributed by atoms with Crippen LogP contribution in [0.1, 0.15) is 19.8 Å². The Morgan fingerprint density at radius 2 is 2.29 bits per heavy atom. The number of nitrogens with two attached hydrogens (primary N) is 1. The first-order chi connectivity index (χ1) is 9.97. The zero-order chi connectivity index (χ0) is 15.0. The van der Waals surface area contributed by atoms with Crippen molar-refractivity contribution in [3.63, 3.8) is 0 Å². The molecule has 2 aromatic rings. The molecule has 114 valence electrons. The van der Waals surface area contributed by atoms with E-state index < -0.39 is 10.0 Å². The summed E-state index contributed by atoms with van der Waals surface area (Å²) < 4.78 is 33.3. The second kappa shape index (κ2) is 5.32. The van der Waals surface area contributed by atoms with Gasteiger partial charge in [0.2, 0.25) is 10.0 Å². The Kier molecular flexibility index (Phi) is 3.64. The number of aromatic amines is 1. The fraction of sp³-hybridized carbons (Fsp3) is 0.429. The Labute approximate surface area is 123 Å². The number of rotatable bonds is 4. The third kappa shape index (κ3) is 2.76. The largest absolute Gasteiger partial charge is 0.399 e. The van der Waals surface area contributed by atoms with Crippen LogP contribution in [0.4, 0.5) is 5.69 Å². The van der Waals surface area contributed by atoms with Crippen LogP contribution in [0, 0.1) is 0 Å². The highest BCUT2D eigenvalue weighted by Gasteiger charge is 2.28. The lowest BCUT2D eigenvalue weighted by molar-refractivity contribution is 0.0902. The topological polar surface area (TPSA) is 97.2 Å². The smallest absolute Gasteiger partial charge is 0.243 e. The van der Waals surface area contributed by atoms with E-state index in [1.807, 2.05) is 6.92 Å². The lowest BCUT2D eigenvalue weighted by atomic mass is 10.1. The molecule has 0 amide bonds. The molecule has 0 aliphatic carbocycles. The maximum absolute atomic E-state index is 12.5. The van der Waals surface area contributed by atoms with Crippen molar-refractivity contribution in [2.24, 2.45) is 0 Å². The Morgan fingerprint density at radius 1 is 1.48 bits per heavy atom. The van der Waals surface area contributed by atoms with Crippen molar-refractivity contribution in [1.82, 2.24) is 9.71 Å². The Bertz CT molecular complexity index is 748. The quantitative estimate of drug-likeness (QED) is 0.747. The highest BCUT2D eigenvalue weighted by Crippen LogP contribution is 2.25. The van der Waals surface area contributed by atoms with Gasteiger partial charge in [0.25, 0.3) is 0 Å². The molecule has 1 aromatic carbocycles. The van der Waals surface area contributed by atoms with Crippen LogP contribution in [0.15, 0.2) is 29.3 Å². The van der Waals surface area contributed by atoms with Gasteiger partial charge in [-0.3, -0.25) is 0 Å². The Balaban J connectivity index is 1.89. The number of aromatic nitrogens is 1. The lowest BCUT2D eigenvalue weighted by Gasteiger charge is -2.19. The van der Waals surface area contributed by atoms with Crippen molar-refractivity contribution >= 4 is 26.6 Å². The summed E-state index contributed by atoms with van der Waals surface area (Å²) in [4.78, 5) is 3.19. The van der Waals surface area contributed by atoms with E-state index in [1.165, 1.54) is 6.20 Å². The molecule has 0 spiro atoms. The molecule has 0 bridgehead atoms. The van der Waals surface area contributed by atoms with Crippen molar-refractivity contribution in [3.05, 3.63) is 24.4 Å². The maximum Gasteiger partial charge on any atom is 0.243 e. The van der Waals surface area contributed by atoms with E-state index in [4.69, 9.17) is 10.5 Å². The maximum atomic E-state index is 12.5. The number of H-pyrrole nitrogens is 1. The van der Waals surface area contributed by atoms with Crippen LogP contribution in [0.3, 0.4) is 0 Å². The van der Waals surface area contributed by atoms with E-state index in [2.05, 4.69) is 9.71 Å². The first-order valence-electron chi connectivity index (χ1n) is 6.98. The minimum atomic E-state index is -3.60. The van der Waals surface area contributed by atoms with Crippen LogP contribution in [0.25, 0.3) is 10.9 Å². The number of benzene rings is 1. The summed E-state index contributed by atoms with van der Waals surface area (Å²) in [5.74, 6) is 0. The second-order valence-corrected chi connectivity index (χ2v) is 7.10. The number of nitrogens with one attached hydrogen (secondary N) is 2. The SMILES string of the molecule is CC(NS(=O)(=O)c1c[nH]c2cc(N)ccc12)C1CCCO1. The van der Waals surface area contributed by atoms with Gasteiger partial charge < -0.3 is 15.5 Å². The lowest BCUT2D eigenvalue weighted by Crippen LogP contribution is -2.40. The van der Waals surface area contributed by atoms with E-state index in [-0.39, 0.29) is 17.0 Å². The average molecular weight is 309 g/mol. The van der Waals surface area contributed by atoms with E-state index >= 15 is 0 Å². The highest BCUT2D eigenvalue weighted by molar-refractivity contribution is 7.89. The number of hydrogen-bond donors (Lipinski definition) is 3. The molecule has 7 heteroatoms. The van der Waals surface area contributed by atoms with Gasteiger partial charge in [0.15, 0.2) is 0 Å². The molecule has 2 heterocycles. The first kappa shape index (κ1) is 14.4. The molecule has 1 fully saturated rings. The van der Waals surface area contributed by atoms with Gasteiger partial charge in [-0.15, -0.1) is 0 Å². The van der Waals surface area contributed by atoms with Gasteiger partial charge in [0, 0.05) is 35.4 Å². The minimum absolute atomic E-state index is 0.0550. The van der Waals surface area contributed by atoms with Crippen LogP contribution >= 0.6 is 0 Å². The summed E-state index contributed by atoms with van der Waals surface area (Å²) in [5, 5.41) is 0.635. The molecule has 1 aliphatic rings. The Morgan fingerprint density at radius 3 is 3.00 bits per heavy atom. The zero-order valence-electron chi connectivity index (χ0n) is 11.8. The minimum Gasteiger partial charge on any atom is -0.399 e. The van der Waals surface area contributed by atoms with Gasteiger partial charge in [0.1, 0.15) is 4.90 Å². The molecule has 4 N–H and O–H groups in total. The van der Waals surface area contributed by atoms with Crippen LogP contribution in [-0.4, -0.2) is 32.2 Å². The van der Waals surface area contributed by atoms with E-state index in [1.54, 1.807) is 18.2 Å². The summed E-state index contributed by atoms with van der Waals surface area (Å²) in [6.45, 7) is 2.53. The molecular weight excluding hydrogens is 290 g/mol. The van der Waals surface area contributed by atoms with E-state index in [0.29, 0.717) is 23.2 Å². The third-order valence-corrected chi connectivity index (χ3v) is 5.42.